The van der Waals surface area contributed by atoms with Gasteiger partial charge in [-0.05, 0) is 17.7 Å². The van der Waals surface area contributed by atoms with Crippen LogP contribution in [-0.2, 0) is 24.4 Å². The first-order chi connectivity index (χ1) is 10.8. The van der Waals surface area contributed by atoms with E-state index in [0.717, 1.165) is 44.4 Å². The predicted octanol–water partition coefficient (Wildman–Crippen LogP) is 2.17. The lowest BCUT2D eigenvalue weighted by molar-refractivity contribution is 0.115. The van der Waals surface area contributed by atoms with Crippen LogP contribution in [0.3, 0.4) is 0 Å². The zero-order chi connectivity index (χ0) is 15.4. The average molecular weight is 301 g/mol. The van der Waals surface area contributed by atoms with Gasteiger partial charge in [0.15, 0.2) is 0 Å². The van der Waals surface area contributed by atoms with Crippen molar-refractivity contribution in [2.45, 2.75) is 19.6 Å². The van der Waals surface area contributed by atoms with Crippen molar-refractivity contribution in [3.05, 3.63) is 48.0 Å². The van der Waals surface area contributed by atoms with Crippen LogP contribution in [0.2, 0.25) is 0 Å². The van der Waals surface area contributed by atoms with Crippen LogP contribution in [0.1, 0.15) is 11.4 Å². The summed E-state index contributed by atoms with van der Waals surface area (Å²) in [6, 6.07) is 8.28. The Morgan fingerprint density at radius 1 is 1.18 bits per heavy atom. The molecule has 2 aromatic rings. The highest BCUT2D eigenvalue weighted by Gasteiger charge is 2.22. The molecule has 0 unspecified atom stereocenters. The molecule has 0 radical (unpaired) electrons. The SMILES string of the molecule is COC[C@@H]1CN(Cc2ccc(OC)cc2)Cc2nccn2C1. The molecule has 0 saturated heterocycles. The summed E-state index contributed by atoms with van der Waals surface area (Å²) in [5.41, 5.74) is 1.29. The molecule has 2 heterocycles. The molecule has 3 rings (SSSR count). The summed E-state index contributed by atoms with van der Waals surface area (Å²) in [7, 11) is 3.46. The van der Waals surface area contributed by atoms with E-state index >= 15 is 0 Å². The summed E-state index contributed by atoms with van der Waals surface area (Å²) in [4.78, 5) is 6.93. The van der Waals surface area contributed by atoms with Crippen molar-refractivity contribution in [3.8, 4) is 5.75 Å². The Labute approximate surface area is 131 Å². The number of hydrogen-bond donors (Lipinski definition) is 0. The number of fused-ring (bicyclic) bond motifs is 1. The van der Waals surface area contributed by atoms with Gasteiger partial charge in [0.25, 0.3) is 0 Å². The standard InChI is InChI=1S/C17H23N3O2/c1-21-13-15-10-19(12-17-18-7-8-20(17)11-15)9-14-3-5-16(22-2)6-4-14/h3-8,15H,9-13H2,1-2H3/t15-/m1/s1. The van der Waals surface area contributed by atoms with Crippen molar-refractivity contribution in [2.75, 3.05) is 27.4 Å². The zero-order valence-corrected chi connectivity index (χ0v) is 13.2. The Morgan fingerprint density at radius 3 is 2.73 bits per heavy atom. The van der Waals surface area contributed by atoms with Gasteiger partial charge in [-0.25, -0.2) is 4.98 Å². The fourth-order valence-corrected chi connectivity index (χ4v) is 3.07. The van der Waals surface area contributed by atoms with Gasteiger partial charge in [0.05, 0.1) is 20.3 Å². The van der Waals surface area contributed by atoms with Gasteiger partial charge in [0.2, 0.25) is 0 Å². The third kappa shape index (κ3) is 3.48. The molecule has 0 amide bonds. The van der Waals surface area contributed by atoms with Gasteiger partial charge < -0.3 is 14.0 Å². The molecule has 1 aromatic carbocycles. The topological polar surface area (TPSA) is 39.5 Å². The van der Waals surface area contributed by atoms with Gasteiger partial charge in [-0.15, -0.1) is 0 Å². The number of benzene rings is 1. The minimum atomic E-state index is 0.485. The third-order valence-electron chi connectivity index (χ3n) is 4.11. The molecule has 0 bridgehead atoms. The third-order valence-corrected chi connectivity index (χ3v) is 4.11. The van der Waals surface area contributed by atoms with Gasteiger partial charge >= 0.3 is 0 Å². The number of ether oxygens (including phenoxy) is 2. The van der Waals surface area contributed by atoms with Crippen LogP contribution < -0.4 is 4.74 Å². The van der Waals surface area contributed by atoms with Crippen molar-refractivity contribution < 1.29 is 9.47 Å². The first kappa shape index (κ1) is 15.1. The highest BCUT2D eigenvalue weighted by molar-refractivity contribution is 5.27. The maximum Gasteiger partial charge on any atom is 0.122 e. The maximum absolute atomic E-state index is 5.38. The molecule has 22 heavy (non-hydrogen) atoms. The molecular formula is C17H23N3O2. The Bertz CT molecular complexity index is 594. The van der Waals surface area contributed by atoms with Crippen molar-refractivity contribution in [2.24, 2.45) is 5.92 Å². The van der Waals surface area contributed by atoms with Crippen LogP contribution in [0.4, 0.5) is 0 Å². The van der Waals surface area contributed by atoms with E-state index in [9.17, 15) is 0 Å². The first-order valence-electron chi connectivity index (χ1n) is 7.62. The van der Waals surface area contributed by atoms with E-state index < -0.39 is 0 Å². The van der Waals surface area contributed by atoms with E-state index in [2.05, 4.69) is 32.8 Å². The van der Waals surface area contributed by atoms with E-state index in [4.69, 9.17) is 9.47 Å². The van der Waals surface area contributed by atoms with Crippen LogP contribution in [-0.4, -0.2) is 41.8 Å². The van der Waals surface area contributed by atoms with Gasteiger partial charge in [-0.1, -0.05) is 12.1 Å². The predicted molar refractivity (Wildman–Crippen MR) is 84.7 cm³/mol. The monoisotopic (exact) mass is 301 g/mol. The molecule has 0 saturated carbocycles. The summed E-state index contributed by atoms with van der Waals surface area (Å²) in [6.45, 7) is 4.55. The molecule has 0 fully saturated rings. The summed E-state index contributed by atoms with van der Waals surface area (Å²) >= 11 is 0. The molecule has 1 aliphatic heterocycles. The molecule has 0 aliphatic carbocycles. The van der Waals surface area contributed by atoms with Crippen molar-refractivity contribution in [1.82, 2.24) is 14.5 Å². The van der Waals surface area contributed by atoms with Crippen LogP contribution in [0.5, 0.6) is 5.75 Å². The Balaban J connectivity index is 1.73. The number of rotatable bonds is 5. The van der Waals surface area contributed by atoms with Crippen molar-refractivity contribution in [1.29, 1.82) is 0 Å². The van der Waals surface area contributed by atoms with E-state index in [1.807, 2.05) is 18.3 Å². The quantitative estimate of drug-likeness (QED) is 0.848. The largest absolute Gasteiger partial charge is 0.497 e. The number of aromatic nitrogens is 2. The molecule has 0 spiro atoms. The van der Waals surface area contributed by atoms with Crippen molar-refractivity contribution >= 4 is 0 Å². The molecule has 1 aromatic heterocycles. The minimum Gasteiger partial charge on any atom is -0.497 e. The molecule has 1 aliphatic rings. The Hall–Kier alpha value is -1.85. The molecule has 1 atom stereocenters. The van der Waals surface area contributed by atoms with E-state index in [1.54, 1.807) is 14.2 Å². The summed E-state index contributed by atoms with van der Waals surface area (Å²) in [5, 5.41) is 0. The Kier molecular flexibility index (Phi) is 4.75. The van der Waals surface area contributed by atoms with Crippen LogP contribution >= 0.6 is 0 Å². The van der Waals surface area contributed by atoms with Crippen LogP contribution in [0.25, 0.3) is 0 Å². The van der Waals surface area contributed by atoms with E-state index in [1.165, 1.54) is 5.56 Å². The normalized spacial score (nSPS) is 18.7. The molecule has 0 N–H and O–H groups in total. The van der Waals surface area contributed by atoms with Gasteiger partial charge in [-0.2, -0.15) is 0 Å². The maximum atomic E-state index is 5.38. The molecule has 5 nitrogen and oxygen atoms in total. The number of hydrogen-bond acceptors (Lipinski definition) is 4. The summed E-state index contributed by atoms with van der Waals surface area (Å²) in [6.07, 6.45) is 3.95. The number of imidazole rings is 1. The Morgan fingerprint density at radius 2 is 2.00 bits per heavy atom. The minimum absolute atomic E-state index is 0.485. The highest BCUT2D eigenvalue weighted by Crippen LogP contribution is 2.19. The molecule has 118 valence electrons. The second kappa shape index (κ2) is 6.94. The van der Waals surface area contributed by atoms with Gasteiger partial charge in [0.1, 0.15) is 11.6 Å². The molecular weight excluding hydrogens is 278 g/mol. The van der Waals surface area contributed by atoms with Crippen LogP contribution in [0, 0.1) is 5.92 Å². The summed E-state index contributed by atoms with van der Waals surface area (Å²) in [5.74, 6) is 2.51. The highest BCUT2D eigenvalue weighted by atomic mass is 16.5. The average Bonchev–Trinajstić information content (AvgIpc) is 2.88. The fourth-order valence-electron chi connectivity index (χ4n) is 3.07. The lowest BCUT2D eigenvalue weighted by Gasteiger charge is -2.23. The first-order valence-corrected chi connectivity index (χ1v) is 7.62. The fraction of sp³-hybridized carbons (Fsp3) is 0.471. The lowest BCUT2D eigenvalue weighted by Crippen LogP contribution is -2.29. The number of methoxy groups -OCH3 is 2. The second-order valence-corrected chi connectivity index (χ2v) is 5.83. The molecule has 5 heteroatoms. The van der Waals surface area contributed by atoms with Gasteiger partial charge in [-0.3, -0.25) is 4.90 Å². The van der Waals surface area contributed by atoms with E-state index in [-0.39, 0.29) is 0 Å². The van der Waals surface area contributed by atoms with Crippen molar-refractivity contribution in [3.63, 3.8) is 0 Å². The smallest absolute Gasteiger partial charge is 0.122 e. The lowest BCUT2D eigenvalue weighted by atomic mass is 10.1. The van der Waals surface area contributed by atoms with Gasteiger partial charge in [0, 0.05) is 45.1 Å². The van der Waals surface area contributed by atoms with Crippen LogP contribution in [0.15, 0.2) is 36.7 Å². The number of nitrogens with zero attached hydrogens (tertiary/aromatic N) is 3. The second-order valence-electron chi connectivity index (χ2n) is 5.83. The summed E-state index contributed by atoms with van der Waals surface area (Å²) < 4.78 is 12.8. The van der Waals surface area contributed by atoms with E-state index in [0.29, 0.717) is 5.92 Å². The zero-order valence-electron chi connectivity index (χ0n) is 13.2.